The minimum atomic E-state index is -0.537. The Morgan fingerprint density at radius 2 is 2.30 bits per heavy atom. The Morgan fingerprint density at radius 3 is 2.90 bits per heavy atom. The molecule has 0 saturated heterocycles. The van der Waals surface area contributed by atoms with Crippen molar-refractivity contribution in [3.05, 3.63) is 35.3 Å². The highest BCUT2D eigenvalue weighted by molar-refractivity contribution is 5.99. The SMILES string of the molecule is COCC(CO)NC(=O)c1oc2c(F)cccc2c1C. The summed E-state index contributed by atoms with van der Waals surface area (Å²) in [7, 11) is 1.47. The lowest BCUT2D eigenvalue weighted by Gasteiger charge is -2.14. The first-order valence-electron chi connectivity index (χ1n) is 6.16. The fraction of sp³-hybridized carbons (Fsp3) is 0.357. The number of fused-ring (bicyclic) bond motifs is 1. The second-order valence-electron chi connectivity index (χ2n) is 4.48. The molecule has 0 fully saturated rings. The summed E-state index contributed by atoms with van der Waals surface area (Å²) in [6.45, 7) is 1.60. The number of carbonyl (C=O) groups excluding carboxylic acids is 1. The predicted octanol–water partition coefficient (Wildman–Crippen LogP) is 1.62. The van der Waals surface area contributed by atoms with E-state index >= 15 is 0 Å². The quantitative estimate of drug-likeness (QED) is 0.873. The molecule has 6 heteroatoms. The zero-order valence-electron chi connectivity index (χ0n) is 11.3. The number of hydrogen-bond acceptors (Lipinski definition) is 4. The van der Waals surface area contributed by atoms with Crippen LogP contribution in [-0.2, 0) is 4.74 Å². The minimum absolute atomic E-state index is 0.0413. The molecule has 5 nitrogen and oxygen atoms in total. The minimum Gasteiger partial charge on any atom is -0.448 e. The maximum atomic E-state index is 13.6. The predicted molar refractivity (Wildman–Crippen MR) is 71.1 cm³/mol. The number of aliphatic hydroxyl groups excluding tert-OH is 1. The highest BCUT2D eigenvalue weighted by Gasteiger charge is 2.21. The molecule has 0 aliphatic rings. The molecule has 1 heterocycles. The number of hydrogen-bond donors (Lipinski definition) is 2. The van der Waals surface area contributed by atoms with E-state index in [1.54, 1.807) is 19.1 Å². The number of nitrogens with one attached hydrogen (secondary N) is 1. The van der Waals surface area contributed by atoms with Crippen molar-refractivity contribution in [3.63, 3.8) is 0 Å². The normalized spacial score (nSPS) is 12.6. The molecular formula is C14H16FNO4. The molecule has 1 unspecified atom stereocenters. The number of amides is 1. The molecule has 0 spiro atoms. The van der Waals surface area contributed by atoms with Gasteiger partial charge in [-0.15, -0.1) is 0 Å². The van der Waals surface area contributed by atoms with Gasteiger partial charge in [0, 0.05) is 18.1 Å². The number of furan rings is 1. The molecule has 0 radical (unpaired) electrons. The van der Waals surface area contributed by atoms with E-state index in [0.29, 0.717) is 10.9 Å². The fourth-order valence-electron chi connectivity index (χ4n) is 2.02. The molecule has 0 aliphatic carbocycles. The molecule has 20 heavy (non-hydrogen) atoms. The van der Waals surface area contributed by atoms with E-state index in [1.807, 2.05) is 0 Å². The van der Waals surface area contributed by atoms with Gasteiger partial charge < -0.3 is 19.6 Å². The molecule has 1 aromatic carbocycles. The Balaban J connectivity index is 2.31. The highest BCUT2D eigenvalue weighted by atomic mass is 19.1. The average Bonchev–Trinajstić information content (AvgIpc) is 2.77. The number of aliphatic hydroxyl groups is 1. The average molecular weight is 281 g/mol. The van der Waals surface area contributed by atoms with Crippen molar-refractivity contribution in [2.24, 2.45) is 0 Å². The van der Waals surface area contributed by atoms with Crippen LogP contribution in [0.2, 0.25) is 0 Å². The van der Waals surface area contributed by atoms with Crippen LogP contribution < -0.4 is 5.32 Å². The molecule has 108 valence electrons. The van der Waals surface area contributed by atoms with Crippen molar-refractivity contribution >= 4 is 16.9 Å². The van der Waals surface area contributed by atoms with E-state index in [-0.39, 0.29) is 24.6 Å². The first kappa shape index (κ1) is 14.5. The molecule has 1 atom stereocenters. The Bertz CT molecular complexity index is 623. The summed E-state index contributed by atoms with van der Waals surface area (Å²) in [6, 6.07) is 3.98. The van der Waals surface area contributed by atoms with Gasteiger partial charge in [0.25, 0.3) is 5.91 Å². The lowest BCUT2D eigenvalue weighted by Crippen LogP contribution is -2.40. The fourth-order valence-corrected chi connectivity index (χ4v) is 2.02. The number of methoxy groups -OCH3 is 1. The van der Waals surface area contributed by atoms with Gasteiger partial charge in [-0.25, -0.2) is 4.39 Å². The molecule has 0 aliphatic heterocycles. The monoisotopic (exact) mass is 281 g/mol. The standard InChI is InChI=1S/C14H16FNO4/c1-8-10-4-3-5-11(15)13(10)20-12(8)14(18)16-9(6-17)7-19-2/h3-5,9,17H,6-7H2,1-2H3,(H,16,18). The van der Waals surface area contributed by atoms with Crippen molar-refractivity contribution in [2.75, 3.05) is 20.3 Å². The van der Waals surface area contributed by atoms with Crippen LogP contribution in [-0.4, -0.2) is 37.4 Å². The van der Waals surface area contributed by atoms with Gasteiger partial charge in [0.05, 0.1) is 19.3 Å². The smallest absolute Gasteiger partial charge is 0.287 e. The van der Waals surface area contributed by atoms with Gasteiger partial charge in [0.1, 0.15) is 0 Å². The number of benzene rings is 1. The zero-order valence-corrected chi connectivity index (χ0v) is 11.3. The van der Waals surface area contributed by atoms with Crippen molar-refractivity contribution < 1.29 is 23.4 Å². The summed E-state index contributed by atoms with van der Waals surface area (Å²) in [5.74, 6) is -0.978. The van der Waals surface area contributed by atoms with Crippen LogP contribution in [0.15, 0.2) is 22.6 Å². The Labute approximate surface area is 115 Å². The maximum absolute atomic E-state index is 13.6. The largest absolute Gasteiger partial charge is 0.448 e. The van der Waals surface area contributed by atoms with E-state index in [2.05, 4.69) is 5.32 Å². The second-order valence-corrected chi connectivity index (χ2v) is 4.48. The van der Waals surface area contributed by atoms with Crippen LogP contribution in [0.3, 0.4) is 0 Å². The van der Waals surface area contributed by atoms with Crippen LogP contribution in [0.25, 0.3) is 11.0 Å². The third-order valence-corrected chi connectivity index (χ3v) is 3.05. The van der Waals surface area contributed by atoms with Gasteiger partial charge in [-0.1, -0.05) is 12.1 Å². The third-order valence-electron chi connectivity index (χ3n) is 3.05. The molecule has 0 saturated carbocycles. The van der Waals surface area contributed by atoms with E-state index in [4.69, 9.17) is 14.3 Å². The molecule has 2 aromatic rings. The lowest BCUT2D eigenvalue weighted by atomic mass is 10.1. The summed E-state index contributed by atoms with van der Waals surface area (Å²) in [4.78, 5) is 12.1. The van der Waals surface area contributed by atoms with Crippen molar-refractivity contribution in [1.82, 2.24) is 5.32 Å². The number of para-hydroxylation sites is 1. The van der Waals surface area contributed by atoms with E-state index in [0.717, 1.165) is 0 Å². The van der Waals surface area contributed by atoms with Gasteiger partial charge >= 0.3 is 0 Å². The number of ether oxygens (including phenoxy) is 1. The van der Waals surface area contributed by atoms with Gasteiger partial charge in [-0.05, 0) is 13.0 Å². The number of aryl methyl sites for hydroxylation is 1. The van der Waals surface area contributed by atoms with Crippen molar-refractivity contribution in [3.8, 4) is 0 Å². The Morgan fingerprint density at radius 1 is 1.55 bits per heavy atom. The molecule has 1 amide bonds. The van der Waals surface area contributed by atoms with Gasteiger partial charge in [-0.2, -0.15) is 0 Å². The zero-order chi connectivity index (χ0) is 14.7. The summed E-state index contributed by atoms with van der Waals surface area (Å²) in [5.41, 5.74) is 0.619. The lowest BCUT2D eigenvalue weighted by molar-refractivity contribution is 0.0815. The van der Waals surface area contributed by atoms with E-state index in [9.17, 15) is 9.18 Å². The number of halogens is 1. The van der Waals surface area contributed by atoms with Crippen LogP contribution in [0.5, 0.6) is 0 Å². The Kier molecular flexibility index (Phi) is 4.36. The molecule has 1 aromatic heterocycles. The molecule has 0 bridgehead atoms. The number of rotatable bonds is 5. The topological polar surface area (TPSA) is 71.7 Å². The van der Waals surface area contributed by atoms with Crippen molar-refractivity contribution in [2.45, 2.75) is 13.0 Å². The molecular weight excluding hydrogens is 265 g/mol. The summed E-state index contributed by atoms with van der Waals surface area (Å²) in [6.07, 6.45) is 0. The summed E-state index contributed by atoms with van der Waals surface area (Å²) in [5, 5.41) is 12.3. The third kappa shape index (κ3) is 2.66. The van der Waals surface area contributed by atoms with Crippen LogP contribution >= 0.6 is 0 Å². The summed E-state index contributed by atoms with van der Waals surface area (Å²) < 4.78 is 23.8. The number of carbonyl (C=O) groups is 1. The first-order valence-corrected chi connectivity index (χ1v) is 6.16. The van der Waals surface area contributed by atoms with E-state index in [1.165, 1.54) is 13.2 Å². The Hall–Kier alpha value is -1.92. The summed E-state index contributed by atoms with van der Waals surface area (Å²) >= 11 is 0. The van der Waals surface area contributed by atoms with Crippen LogP contribution in [0.4, 0.5) is 4.39 Å². The molecule has 2 N–H and O–H groups in total. The van der Waals surface area contributed by atoms with Gasteiger partial charge in [0.15, 0.2) is 17.2 Å². The van der Waals surface area contributed by atoms with Gasteiger partial charge in [0.2, 0.25) is 0 Å². The van der Waals surface area contributed by atoms with Crippen LogP contribution in [0, 0.1) is 12.7 Å². The van der Waals surface area contributed by atoms with Crippen LogP contribution in [0.1, 0.15) is 16.1 Å². The molecule has 2 rings (SSSR count). The maximum Gasteiger partial charge on any atom is 0.287 e. The highest BCUT2D eigenvalue weighted by Crippen LogP contribution is 2.27. The second kappa shape index (κ2) is 6.02. The first-order chi connectivity index (χ1) is 9.58. The van der Waals surface area contributed by atoms with E-state index < -0.39 is 17.8 Å². The van der Waals surface area contributed by atoms with Gasteiger partial charge in [-0.3, -0.25) is 4.79 Å². The van der Waals surface area contributed by atoms with Crippen molar-refractivity contribution in [1.29, 1.82) is 0 Å².